The summed E-state index contributed by atoms with van der Waals surface area (Å²) in [7, 11) is 0. The zero-order chi connectivity index (χ0) is 16.2. The predicted octanol–water partition coefficient (Wildman–Crippen LogP) is 4.98. The summed E-state index contributed by atoms with van der Waals surface area (Å²) >= 11 is 3.50. The first-order valence-electron chi connectivity index (χ1n) is 8.25. The van der Waals surface area contributed by atoms with Crippen LogP contribution in [0.4, 0.5) is 17.5 Å². The highest BCUT2D eigenvalue weighted by atomic mass is 79.9. The number of rotatable bonds is 3. The maximum Gasteiger partial charge on any atom is 0.229 e. The zero-order valence-electron chi connectivity index (χ0n) is 13.8. The second-order valence-electron chi connectivity index (χ2n) is 6.18. The summed E-state index contributed by atoms with van der Waals surface area (Å²) in [6.07, 6.45) is 5.14. The molecule has 0 aliphatic carbocycles. The molecule has 2 heterocycles. The van der Waals surface area contributed by atoms with E-state index in [9.17, 15) is 0 Å². The van der Waals surface area contributed by atoms with Crippen LogP contribution in [0, 0.1) is 13.8 Å². The van der Waals surface area contributed by atoms with Gasteiger partial charge in [0.1, 0.15) is 5.82 Å². The lowest BCUT2D eigenvalue weighted by Gasteiger charge is -2.22. The number of nitrogens with zero attached hydrogens (tertiary/aromatic N) is 3. The van der Waals surface area contributed by atoms with Crippen molar-refractivity contribution in [2.75, 3.05) is 23.3 Å². The van der Waals surface area contributed by atoms with E-state index in [1.807, 2.05) is 13.0 Å². The van der Waals surface area contributed by atoms with Crippen LogP contribution in [-0.4, -0.2) is 23.1 Å². The van der Waals surface area contributed by atoms with Gasteiger partial charge in [-0.1, -0.05) is 28.8 Å². The second-order valence-corrected chi connectivity index (χ2v) is 7.09. The molecule has 1 aromatic carbocycles. The van der Waals surface area contributed by atoms with Gasteiger partial charge in [-0.15, -0.1) is 0 Å². The molecule has 3 rings (SSSR count). The Morgan fingerprint density at radius 3 is 2.43 bits per heavy atom. The van der Waals surface area contributed by atoms with E-state index < -0.39 is 0 Å². The van der Waals surface area contributed by atoms with Gasteiger partial charge in [-0.3, -0.25) is 0 Å². The van der Waals surface area contributed by atoms with Crippen LogP contribution in [0.2, 0.25) is 0 Å². The van der Waals surface area contributed by atoms with E-state index in [1.165, 1.54) is 31.2 Å². The molecule has 0 spiro atoms. The van der Waals surface area contributed by atoms with Crippen molar-refractivity contribution in [1.29, 1.82) is 0 Å². The first-order valence-corrected chi connectivity index (χ1v) is 9.05. The molecule has 1 aliphatic heterocycles. The number of aromatic nitrogens is 2. The van der Waals surface area contributed by atoms with Crippen molar-refractivity contribution in [1.82, 2.24) is 9.97 Å². The van der Waals surface area contributed by atoms with E-state index in [2.05, 4.69) is 56.3 Å². The highest BCUT2D eigenvalue weighted by Crippen LogP contribution is 2.24. The summed E-state index contributed by atoms with van der Waals surface area (Å²) in [5.74, 6) is 1.71. The Hall–Kier alpha value is -1.62. The zero-order valence-corrected chi connectivity index (χ0v) is 15.4. The molecule has 1 aliphatic rings. The molecule has 1 saturated heterocycles. The van der Waals surface area contributed by atoms with Crippen molar-refractivity contribution < 1.29 is 0 Å². The van der Waals surface area contributed by atoms with Gasteiger partial charge in [0, 0.05) is 35.0 Å². The van der Waals surface area contributed by atoms with E-state index in [4.69, 9.17) is 4.98 Å². The Balaban J connectivity index is 1.84. The second kappa shape index (κ2) is 7.30. The van der Waals surface area contributed by atoms with Crippen LogP contribution in [0.5, 0.6) is 0 Å². The quantitative estimate of drug-likeness (QED) is 0.822. The number of aryl methyl sites for hydroxylation is 2. The summed E-state index contributed by atoms with van der Waals surface area (Å²) in [6, 6.07) is 8.26. The van der Waals surface area contributed by atoms with Crippen LogP contribution in [0.1, 0.15) is 36.9 Å². The van der Waals surface area contributed by atoms with Gasteiger partial charge in [0.2, 0.25) is 5.95 Å². The molecule has 0 unspecified atom stereocenters. The van der Waals surface area contributed by atoms with E-state index in [1.54, 1.807) is 0 Å². The number of hydrogen-bond acceptors (Lipinski definition) is 4. The van der Waals surface area contributed by atoms with Crippen molar-refractivity contribution in [3.05, 3.63) is 40.0 Å². The minimum atomic E-state index is 0.676. The predicted molar refractivity (Wildman–Crippen MR) is 99.6 cm³/mol. The smallest absolute Gasteiger partial charge is 0.229 e. The fraction of sp³-hybridized carbons (Fsp3) is 0.444. The average molecular weight is 375 g/mol. The van der Waals surface area contributed by atoms with Crippen LogP contribution in [0.25, 0.3) is 0 Å². The first kappa shape index (κ1) is 16.2. The third-order valence-electron chi connectivity index (χ3n) is 4.21. The van der Waals surface area contributed by atoms with Crippen molar-refractivity contribution in [3.8, 4) is 0 Å². The maximum atomic E-state index is 4.75. The van der Waals surface area contributed by atoms with Gasteiger partial charge in [0.05, 0.1) is 0 Å². The number of benzene rings is 1. The molecule has 23 heavy (non-hydrogen) atoms. The van der Waals surface area contributed by atoms with E-state index in [-0.39, 0.29) is 0 Å². The Morgan fingerprint density at radius 2 is 1.74 bits per heavy atom. The standard InChI is InChI=1S/C18H23BrN4/c1-13-11-15(19)7-8-16(13)21-18-20-14(2)12-17(22-18)23-9-5-3-4-6-10-23/h7-8,11-12H,3-6,9-10H2,1-2H3,(H,20,21,22). The number of anilines is 3. The number of hydrogen-bond donors (Lipinski definition) is 1. The van der Waals surface area contributed by atoms with Crippen LogP contribution in [-0.2, 0) is 0 Å². The Bertz CT molecular complexity index is 679. The van der Waals surface area contributed by atoms with Gasteiger partial charge >= 0.3 is 0 Å². The lowest BCUT2D eigenvalue weighted by Crippen LogP contribution is -2.25. The third kappa shape index (κ3) is 4.22. The van der Waals surface area contributed by atoms with Crippen molar-refractivity contribution >= 4 is 33.4 Å². The molecule has 122 valence electrons. The summed E-state index contributed by atoms with van der Waals surface area (Å²) in [5.41, 5.74) is 3.21. The normalized spacial score (nSPS) is 15.3. The van der Waals surface area contributed by atoms with Crippen LogP contribution < -0.4 is 10.2 Å². The van der Waals surface area contributed by atoms with E-state index in [0.717, 1.165) is 34.8 Å². The summed E-state index contributed by atoms with van der Waals surface area (Å²) in [6.45, 7) is 6.29. The monoisotopic (exact) mass is 374 g/mol. The van der Waals surface area contributed by atoms with Crippen LogP contribution in [0.3, 0.4) is 0 Å². The lowest BCUT2D eigenvalue weighted by atomic mass is 10.2. The molecule has 0 saturated carbocycles. The maximum absolute atomic E-state index is 4.75. The highest BCUT2D eigenvalue weighted by molar-refractivity contribution is 9.10. The highest BCUT2D eigenvalue weighted by Gasteiger charge is 2.13. The SMILES string of the molecule is Cc1cc(N2CCCCCC2)nc(Nc2ccc(Br)cc2C)n1. The summed E-state index contributed by atoms with van der Waals surface area (Å²) < 4.78 is 1.08. The largest absolute Gasteiger partial charge is 0.356 e. The summed E-state index contributed by atoms with van der Waals surface area (Å²) in [4.78, 5) is 11.7. The molecule has 0 amide bonds. The van der Waals surface area contributed by atoms with Gasteiger partial charge in [-0.25, -0.2) is 4.98 Å². The molecule has 0 atom stereocenters. The van der Waals surface area contributed by atoms with E-state index >= 15 is 0 Å². The number of nitrogens with one attached hydrogen (secondary N) is 1. The van der Waals surface area contributed by atoms with Gasteiger partial charge < -0.3 is 10.2 Å². The minimum absolute atomic E-state index is 0.676. The molecule has 0 radical (unpaired) electrons. The molecular weight excluding hydrogens is 352 g/mol. The van der Waals surface area contributed by atoms with Crippen molar-refractivity contribution in [2.45, 2.75) is 39.5 Å². The van der Waals surface area contributed by atoms with E-state index in [0.29, 0.717) is 5.95 Å². The molecular formula is C18H23BrN4. The molecule has 1 fully saturated rings. The molecule has 4 nitrogen and oxygen atoms in total. The van der Waals surface area contributed by atoms with Crippen LogP contribution in [0.15, 0.2) is 28.7 Å². The summed E-state index contributed by atoms with van der Waals surface area (Å²) in [5, 5.41) is 3.37. The molecule has 1 aromatic heterocycles. The average Bonchev–Trinajstić information content (AvgIpc) is 2.79. The van der Waals surface area contributed by atoms with Crippen LogP contribution >= 0.6 is 15.9 Å². The number of halogens is 1. The Kier molecular flexibility index (Phi) is 5.16. The van der Waals surface area contributed by atoms with Gasteiger partial charge in [0.25, 0.3) is 0 Å². The lowest BCUT2D eigenvalue weighted by molar-refractivity contribution is 0.726. The Morgan fingerprint density at radius 1 is 1.00 bits per heavy atom. The Labute approximate surface area is 146 Å². The fourth-order valence-electron chi connectivity index (χ4n) is 2.96. The first-order chi connectivity index (χ1) is 11.1. The van der Waals surface area contributed by atoms with Gasteiger partial charge in [-0.2, -0.15) is 4.98 Å². The molecule has 5 heteroatoms. The fourth-order valence-corrected chi connectivity index (χ4v) is 3.43. The third-order valence-corrected chi connectivity index (χ3v) is 4.70. The topological polar surface area (TPSA) is 41.1 Å². The van der Waals surface area contributed by atoms with Crippen molar-refractivity contribution in [3.63, 3.8) is 0 Å². The van der Waals surface area contributed by atoms with Gasteiger partial charge in [-0.05, 0) is 50.5 Å². The molecule has 2 aromatic rings. The molecule has 0 bridgehead atoms. The van der Waals surface area contributed by atoms with Crippen molar-refractivity contribution in [2.24, 2.45) is 0 Å². The minimum Gasteiger partial charge on any atom is -0.356 e. The molecule has 1 N–H and O–H groups in total. The van der Waals surface area contributed by atoms with Gasteiger partial charge in [0.15, 0.2) is 0 Å².